The molecule has 0 aliphatic carbocycles. The molecule has 0 fully saturated rings. The van der Waals surface area contributed by atoms with Crippen molar-refractivity contribution >= 4 is 0 Å². The van der Waals surface area contributed by atoms with Gasteiger partial charge in [0, 0.05) is 5.56 Å². The molecule has 0 bridgehead atoms. The van der Waals surface area contributed by atoms with Crippen LogP contribution in [0.2, 0.25) is 0 Å². The Labute approximate surface area is 101 Å². The Balaban J connectivity index is 2.57. The van der Waals surface area contributed by atoms with Gasteiger partial charge in [-0.3, -0.25) is 0 Å². The van der Waals surface area contributed by atoms with E-state index in [1.807, 2.05) is 6.07 Å². The maximum atomic E-state index is 13.5. The van der Waals surface area contributed by atoms with Crippen LogP contribution in [0.1, 0.15) is 5.56 Å². The van der Waals surface area contributed by atoms with Crippen LogP contribution in [0.5, 0.6) is 0 Å². The SMILES string of the molecule is N#CCc1cc(F)nc(-c2cccc(F)c2F)c1. The van der Waals surface area contributed by atoms with Gasteiger partial charge in [-0.05, 0) is 29.8 Å². The molecule has 0 unspecified atom stereocenters. The molecule has 1 heterocycles. The third-order valence-electron chi connectivity index (χ3n) is 2.36. The highest BCUT2D eigenvalue weighted by Crippen LogP contribution is 2.24. The largest absolute Gasteiger partial charge is 0.220 e. The second-order valence-corrected chi connectivity index (χ2v) is 3.62. The Hall–Kier alpha value is -2.35. The van der Waals surface area contributed by atoms with Crippen LogP contribution in [0, 0.1) is 28.9 Å². The summed E-state index contributed by atoms with van der Waals surface area (Å²) in [5, 5.41) is 8.54. The van der Waals surface area contributed by atoms with Gasteiger partial charge in [0.25, 0.3) is 0 Å². The molecule has 2 rings (SSSR count). The Morgan fingerprint density at radius 1 is 1.17 bits per heavy atom. The highest BCUT2D eigenvalue weighted by atomic mass is 19.2. The van der Waals surface area contributed by atoms with Crippen LogP contribution in [-0.2, 0) is 6.42 Å². The zero-order valence-corrected chi connectivity index (χ0v) is 9.12. The topological polar surface area (TPSA) is 36.7 Å². The lowest BCUT2D eigenvalue weighted by molar-refractivity contribution is 0.510. The summed E-state index contributed by atoms with van der Waals surface area (Å²) in [5.41, 5.74) is 0.203. The molecule has 0 radical (unpaired) electrons. The van der Waals surface area contributed by atoms with Crippen molar-refractivity contribution in [3.05, 3.63) is 53.5 Å². The molecule has 0 spiro atoms. The van der Waals surface area contributed by atoms with Gasteiger partial charge in [-0.15, -0.1) is 0 Å². The van der Waals surface area contributed by atoms with E-state index in [9.17, 15) is 13.2 Å². The second-order valence-electron chi connectivity index (χ2n) is 3.62. The summed E-state index contributed by atoms with van der Waals surface area (Å²) >= 11 is 0. The van der Waals surface area contributed by atoms with E-state index in [0.717, 1.165) is 12.1 Å². The minimum atomic E-state index is -1.08. The summed E-state index contributed by atoms with van der Waals surface area (Å²) < 4.78 is 39.8. The number of aromatic nitrogens is 1. The molecule has 1 aromatic heterocycles. The monoisotopic (exact) mass is 248 g/mol. The van der Waals surface area contributed by atoms with Crippen molar-refractivity contribution in [3.63, 3.8) is 0 Å². The van der Waals surface area contributed by atoms with Crippen LogP contribution < -0.4 is 0 Å². The minimum Gasteiger partial charge on any atom is -0.220 e. The first-order valence-electron chi connectivity index (χ1n) is 5.09. The number of benzene rings is 1. The van der Waals surface area contributed by atoms with Crippen LogP contribution in [0.4, 0.5) is 13.2 Å². The van der Waals surface area contributed by atoms with Crippen LogP contribution in [-0.4, -0.2) is 4.98 Å². The number of nitriles is 1. The Morgan fingerprint density at radius 2 is 1.94 bits per heavy atom. The molecule has 1 aromatic carbocycles. The number of nitrogens with zero attached hydrogens (tertiary/aromatic N) is 2. The Bertz CT molecular complexity index is 633. The third-order valence-corrected chi connectivity index (χ3v) is 2.36. The quantitative estimate of drug-likeness (QED) is 0.765. The normalized spacial score (nSPS) is 10.1. The van der Waals surface area contributed by atoms with E-state index in [1.165, 1.54) is 18.2 Å². The first-order chi connectivity index (χ1) is 8.61. The van der Waals surface area contributed by atoms with Gasteiger partial charge in [0.1, 0.15) is 0 Å². The summed E-state index contributed by atoms with van der Waals surface area (Å²) in [5.74, 6) is -2.94. The molecule has 0 atom stereocenters. The van der Waals surface area contributed by atoms with E-state index in [-0.39, 0.29) is 17.7 Å². The number of hydrogen-bond donors (Lipinski definition) is 0. The van der Waals surface area contributed by atoms with Crippen molar-refractivity contribution in [2.75, 3.05) is 0 Å². The lowest BCUT2D eigenvalue weighted by Crippen LogP contribution is -1.96. The summed E-state index contributed by atoms with van der Waals surface area (Å²) in [6.45, 7) is 0. The molecule has 0 saturated carbocycles. The lowest BCUT2D eigenvalue weighted by atomic mass is 10.1. The smallest absolute Gasteiger partial charge is 0.213 e. The number of rotatable bonds is 2. The van der Waals surface area contributed by atoms with Gasteiger partial charge < -0.3 is 0 Å². The highest BCUT2D eigenvalue weighted by molar-refractivity contribution is 5.60. The average Bonchev–Trinajstić information content (AvgIpc) is 2.32. The zero-order chi connectivity index (χ0) is 13.1. The van der Waals surface area contributed by atoms with Crippen LogP contribution in [0.3, 0.4) is 0 Å². The van der Waals surface area contributed by atoms with Crippen molar-refractivity contribution in [1.29, 1.82) is 5.26 Å². The summed E-state index contributed by atoms with van der Waals surface area (Å²) in [7, 11) is 0. The molecule has 0 aliphatic rings. The first-order valence-corrected chi connectivity index (χ1v) is 5.09. The highest BCUT2D eigenvalue weighted by Gasteiger charge is 2.12. The maximum absolute atomic E-state index is 13.5. The minimum absolute atomic E-state index is 0.0244. The van der Waals surface area contributed by atoms with E-state index in [2.05, 4.69) is 4.98 Å². The maximum Gasteiger partial charge on any atom is 0.213 e. The standard InChI is InChI=1S/C13H7F3N2/c14-10-3-1-2-9(13(10)16)11-6-8(4-5-17)7-12(15)18-11/h1-3,6-7H,4H2. The molecule has 90 valence electrons. The molecular weight excluding hydrogens is 241 g/mol. The van der Waals surface area contributed by atoms with Gasteiger partial charge in [0.15, 0.2) is 11.6 Å². The van der Waals surface area contributed by atoms with E-state index in [0.29, 0.717) is 5.56 Å². The summed E-state index contributed by atoms with van der Waals surface area (Å²) in [6, 6.07) is 7.88. The molecular formula is C13H7F3N2. The number of pyridine rings is 1. The molecule has 2 aromatic rings. The second kappa shape index (κ2) is 4.88. The predicted octanol–water partition coefficient (Wildman–Crippen LogP) is 3.23. The predicted molar refractivity (Wildman–Crippen MR) is 58.9 cm³/mol. The molecule has 0 saturated heterocycles. The fraction of sp³-hybridized carbons (Fsp3) is 0.0769. The van der Waals surface area contributed by atoms with Gasteiger partial charge in [-0.25, -0.2) is 13.8 Å². The van der Waals surface area contributed by atoms with Crippen molar-refractivity contribution < 1.29 is 13.2 Å². The van der Waals surface area contributed by atoms with Gasteiger partial charge in [0.05, 0.1) is 18.2 Å². The molecule has 2 nitrogen and oxygen atoms in total. The van der Waals surface area contributed by atoms with E-state index in [1.54, 1.807) is 0 Å². The van der Waals surface area contributed by atoms with Gasteiger partial charge >= 0.3 is 0 Å². The van der Waals surface area contributed by atoms with Crippen LogP contribution in [0.15, 0.2) is 30.3 Å². The van der Waals surface area contributed by atoms with E-state index < -0.39 is 17.6 Å². The van der Waals surface area contributed by atoms with Gasteiger partial charge in [0.2, 0.25) is 5.95 Å². The van der Waals surface area contributed by atoms with Crippen LogP contribution in [0.25, 0.3) is 11.3 Å². The van der Waals surface area contributed by atoms with Crippen molar-refractivity contribution in [3.8, 4) is 17.3 Å². The lowest BCUT2D eigenvalue weighted by Gasteiger charge is -2.05. The summed E-state index contributed by atoms with van der Waals surface area (Å²) in [6.07, 6.45) is -0.0244. The number of hydrogen-bond acceptors (Lipinski definition) is 2. The average molecular weight is 248 g/mol. The fourth-order valence-electron chi connectivity index (χ4n) is 1.58. The summed E-state index contributed by atoms with van der Waals surface area (Å²) in [4.78, 5) is 3.51. The van der Waals surface area contributed by atoms with E-state index >= 15 is 0 Å². The Morgan fingerprint density at radius 3 is 2.67 bits per heavy atom. The van der Waals surface area contributed by atoms with E-state index in [4.69, 9.17) is 5.26 Å². The Kier molecular flexibility index (Phi) is 3.28. The number of halogens is 3. The molecule has 0 amide bonds. The third kappa shape index (κ3) is 2.33. The first kappa shape index (κ1) is 12.1. The fourth-order valence-corrected chi connectivity index (χ4v) is 1.58. The van der Waals surface area contributed by atoms with Gasteiger partial charge in [-0.1, -0.05) is 6.07 Å². The molecule has 18 heavy (non-hydrogen) atoms. The van der Waals surface area contributed by atoms with Crippen molar-refractivity contribution in [2.24, 2.45) is 0 Å². The van der Waals surface area contributed by atoms with Crippen LogP contribution >= 0.6 is 0 Å². The molecule has 5 heteroatoms. The van der Waals surface area contributed by atoms with Gasteiger partial charge in [-0.2, -0.15) is 9.65 Å². The van der Waals surface area contributed by atoms with Crippen molar-refractivity contribution in [1.82, 2.24) is 4.98 Å². The zero-order valence-electron chi connectivity index (χ0n) is 9.12. The molecule has 0 N–H and O–H groups in total. The molecule has 0 aliphatic heterocycles. The van der Waals surface area contributed by atoms with Crippen molar-refractivity contribution in [2.45, 2.75) is 6.42 Å².